The van der Waals surface area contributed by atoms with Crippen molar-refractivity contribution in [3.05, 3.63) is 49.8 Å². The minimum Gasteiger partial charge on any atom is -0.266 e. The minimum atomic E-state index is 0.712. The van der Waals surface area contributed by atoms with Gasteiger partial charge in [-0.05, 0) is 40.3 Å². The number of amidine groups is 1. The Morgan fingerprint density at radius 1 is 1.30 bits per heavy atom. The third kappa shape index (κ3) is 2.67. The smallest absolute Gasteiger partial charge is 0.177 e. The van der Waals surface area contributed by atoms with E-state index in [1.807, 2.05) is 35.1 Å². The van der Waals surface area contributed by atoms with E-state index in [1.165, 1.54) is 5.56 Å². The number of hydrazone groups is 1. The number of nitrogens with zero attached hydrogens (tertiary/aromatic N) is 4. The van der Waals surface area contributed by atoms with Crippen molar-refractivity contribution in [3.63, 3.8) is 0 Å². The van der Waals surface area contributed by atoms with Gasteiger partial charge in [0.1, 0.15) is 3.70 Å². The highest BCUT2D eigenvalue weighted by Crippen LogP contribution is 2.17. The zero-order chi connectivity index (χ0) is 14.1. The number of hydrogen-bond acceptors (Lipinski definition) is 5. The van der Waals surface area contributed by atoms with Crippen molar-refractivity contribution in [2.45, 2.75) is 6.54 Å². The Bertz CT molecular complexity index is 650. The summed E-state index contributed by atoms with van der Waals surface area (Å²) in [5.41, 5.74) is 8.03. The van der Waals surface area contributed by atoms with Crippen LogP contribution in [0, 0.1) is 3.70 Å². The third-order valence-electron chi connectivity index (χ3n) is 2.96. The summed E-state index contributed by atoms with van der Waals surface area (Å²) in [7, 11) is 1.92. The molecular weight excluding hydrogens is 435 g/mol. The van der Waals surface area contributed by atoms with E-state index in [9.17, 15) is 0 Å². The lowest BCUT2D eigenvalue weighted by Gasteiger charge is -2.18. The number of aromatic nitrogens is 2. The molecule has 1 aromatic heterocycles. The molecule has 1 aliphatic heterocycles. The van der Waals surface area contributed by atoms with Crippen LogP contribution in [0.2, 0.25) is 0 Å². The monoisotopic (exact) mass is 446 g/mol. The summed E-state index contributed by atoms with van der Waals surface area (Å²) in [6.45, 7) is 0.712. The average Bonchev–Trinajstić information content (AvgIpc) is 3.01. The molecule has 1 aliphatic rings. The fourth-order valence-corrected chi connectivity index (χ4v) is 2.69. The standard InChI is InChI=1S/C12H12BrIN6/c1-19-11(14)10(6-15-19)12-16-17-18-20(12)7-8-2-4-9(13)5-3-8/h2-6,17-18H,7H2,1H3. The van der Waals surface area contributed by atoms with Crippen LogP contribution in [0.15, 0.2) is 40.0 Å². The molecule has 0 saturated heterocycles. The Hall–Kier alpha value is -1.13. The number of aryl methyl sites for hydroxylation is 1. The highest BCUT2D eigenvalue weighted by Gasteiger charge is 2.23. The molecule has 3 rings (SSSR count). The molecule has 0 atom stereocenters. The van der Waals surface area contributed by atoms with Crippen LogP contribution in [0.1, 0.15) is 11.1 Å². The summed E-state index contributed by atoms with van der Waals surface area (Å²) in [5.74, 6) is 0.838. The molecule has 1 aromatic carbocycles. The van der Waals surface area contributed by atoms with E-state index in [4.69, 9.17) is 0 Å². The fraction of sp³-hybridized carbons (Fsp3) is 0.167. The molecule has 0 spiro atoms. The molecule has 0 saturated carbocycles. The van der Waals surface area contributed by atoms with Crippen LogP contribution in [-0.2, 0) is 13.6 Å². The van der Waals surface area contributed by atoms with E-state index in [-0.39, 0.29) is 0 Å². The van der Waals surface area contributed by atoms with Gasteiger partial charge in [0.15, 0.2) is 5.84 Å². The van der Waals surface area contributed by atoms with Gasteiger partial charge in [0, 0.05) is 11.5 Å². The van der Waals surface area contributed by atoms with Crippen LogP contribution >= 0.6 is 38.5 Å². The minimum absolute atomic E-state index is 0.712. The van der Waals surface area contributed by atoms with Crippen LogP contribution in [0.25, 0.3) is 0 Å². The number of rotatable bonds is 3. The highest BCUT2D eigenvalue weighted by molar-refractivity contribution is 14.1. The SMILES string of the molecule is Cn1ncc(C2=NNNN2Cc2ccc(Br)cc2)c1I. The van der Waals surface area contributed by atoms with Gasteiger partial charge in [-0.3, -0.25) is 9.69 Å². The summed E-state index contributed by atoms with van der Waals surface area (Å²) >= 11 is 5.71. The summed E-state index contributed by atoms with van der Waals surface area (Å²) in [6.07, 6.45) is 1.82. The van der Waals surface area contributed by atoms with Crippen LogP contribution < -0.4 is 11.1 Å². The first-order valence-electron chi connectivity index (χ1n) is 5.93. The van der Waals surface area contributed by atoms with Gasteiger partial charge in [0.25, 0.3) is 0 Å². The predicted octanol–water partition coefficient (Wildman–Crippen LogP) is 1.97. The molecule has 2 heterocycles. The second-order valence-corrected chi connectivity index (χ2v) is 6.28. The zero-order valence-corrected chi connectivity index (χ0v) is 14.4. The number of nitrogens with one attached hydrogen (secondary N) is 2. The second-order valence-electron chi connectivity index (χ2n) is 4.34. The van der Waals surface area contributed by atoms with Crippen molar-refractivity contribution >= 4 is 44.4 Å². The van der Waals surface area contributed by atoms with E-state index in [1.54, 1.807) is 0 Å². The van der Waals surface area contributed by atoms with Gasteiger partial charge in [-0.1, -0.05) is 28.1 Å². The molecule has 0 unspecified atom stereocenters. The molecule has 0 bridgehead atoms. The molecule has 6 nitrogen and oxygen atoms in total. The molecule has 0 radical (unpaired) electrons. The first-order chi connectivity index (χ1) is 9.65. The van der Waals surface area contributed by atoms with Crippen molar-refractivity contribution in [2.24, 2.45) is 12.1 Å². The number of benzene rings is 1. The Balaban J connectivity index is 1.82. The molecule has 0 aliphatic carbocycles. The van der Waals surface area contributed by atoms with E-state index in [0.717, 1.165) is 19.6 Å². The van der Waals surface area contributed by atoms with Crippen molar-refractivity contribution in [3.8, 4) is 0 Å². The highest BCUT2D eigenvalue weighted by atomic mass is 127. The maximum Gasteiger partial charge on any atom is 0.177 e. The summed E-state index contributed by atoms with van der Waals surface area (Å²) in [6, 6.07) is 8.22. The van der Waals surface area contributed by atoms with Gasteiger partial charge in [-0.2, -0.15) is 5.10 Å². The number of hydrogen-bond donors (Lipinski definition) is 2. The van der Waals surface area contributed by atoms with Crippen LogP contribution in [-0.4, -0.2) is 20.6 Å². The number of halogens is 2. The normalized spacial score (nSPS) is 14.3. The Kier molecular flexibility index (Phi) is 3.94. The van der Waals surface area contributed by atoms with E-state index < -0.39 is 0 Å². The lowest BCUT2D eigenvalue weighted by molar-refractivity contribution is 0.288. The van der Waals surface area contributed by atoms with Crippen molar-refractivity contribution in [2.75, 3.05) is 0 Å². The molecule has 8 heteroatoms. The van der Waals surface area contributed by atoms with E-state index in [2.05, 4.69) is 71.9 Å². The van der Waals surface area contributed by atoms with Gasteiger partial charge in [0.05, 0.1) is 18.3 Å². The Morgan fingerprint density at radius 3 is 2.70 bits per heavy atom. The predicted molar refractivity (Wildman–Crippen MR) is 88.4 cm³/mol. The summed E-state index contributed by atoms with van der Waals surface area (Å²) in [4.78, 5) is 0. The van der Waals surface area contributed by atoms with Crippen LogP contribution in [0.5, 0.6) is 0 Å². The van der Waals surface area contributed by atoms with Gasteiger partial charge < -0.3 is 0 Å². The van der Waals surface area contributed by atoms with Gasteiger partial charge in [-0.25, -0.2) is 5.53 Å². The van der Waals surface area contributed by atoms with Crippen molar-refractivity contribution < 1.29 is 0 Å². The Labute approximate surface area is 138 Å². The first kappa shape index (κ1) is 13.8. The lowest BCUT2D eigenvalue weighted by atomic mass is 10.2. The summed E-state index contributed by atoms with van der Waals surface area (Å²) in [5, 5.41) is 10.5. The molecular formula is C12H12BrIN6. The molecule has 0 amide bonds. The van der Waals surface area contributed by atoms with Gasteiger partial charge in [0.2, 0.25) is 0 Å². The molecule has 2 N–H and O–H groups in total. The molecule has 0 fully saturated rings. The molecule has 2 aromatic rings. The maximum absolute atomic E-state index is 4.29. The third-order valence-corrected chi connectivity index (χ3v) is 4.77. The zero-order valence-electron chi connectivity index (χ0n) is 10.6. The maximum atomic E-state index is 4.29. The Morgan fingerprint density at radius 2 is 2.05 bits per heavy atom. The quantitative estimate of drug-likeness (QED) is 0.708. The second kappa shape index (κ2) is 5.70. The molecule has 104 valence electrons. The van der Waals surface area contributed by atoms with Crippen molar-refractivity contribution in [1.29, 1.82) is 0 Å². The van der Waals surface area contributed by atoms with Crippen LogP contribution in [0.3, 0.4) is 0 Å². The van der Waals surface area contributed by atoms with Gasteiger partial charge >= 0.3 is 0 Å². The lowest BCUT2D eigenvalue weighted by Crippen LogP contribution is -2.40. The first-order valence-corrected chi connectivity index (χ1v) is 7.80. The van der Waals surface area contributed by atoms with E-state index in [0.29, 0.717) is 6.54 Å². The van der Waals surface area contributed by atoms with Gasteiger partial charge in [-0.15, -0.1) is 10.6 Å². The fourth-order valence-electron chi connectivity index (χ4n) is 1.92. The van der Waals surface area contributed by atoms with Crippen molar-refractivity contribution in [1.82, 2.24) is 25.9 Å². The van der Waals surface area contributed by atoms with E-state index >= 15 is 0 Å². The largest absolute Gasteiger partial charge is 0.266 e. The number of hydrazine groups is 2. The summed E-state index contributed by atoms with van der Waals surface area (Å²) < 4.78 is 3.95. The van der Waals surface area contributed by atoms with Crippen LogP contribution in [0.4, 0.5) is 0 Å². The molecule has 20 heavy (non-hydrogen) atoms. The average molecular weight is 447 g/mol. The topological polar surface area (TPSA) is 57.5 Å².